The van der Waals surface area contributed by atoms with E-state index in [0.717, 1.165) is 60.2 Å². The predicted octanol–water partition coefficient (Wildman–Crippen LogP) is 5.48. The van der Waals surface area contributed by atoms with Crippen molar-refractivity contribution in [3.8, 4) is 45.2 Å². The first-order chi connectivity index (χ1) is 18.3. The van der Waals surface area contributed by atoms with E-state index >= 15 is 0 Å². The molecular formula is C30H15BN2O3PtS. The third-order valence-electron chi connectivity index (χ3n) is 6.55. The van der Waals surface area contributed by atoms with E-state index in [9.17, 15) is 0 Å². The summed E-state index contributed by atoms with van der Waals surface area (Å²) < 4.78 is 19.8. The van der Waals surface area contributed by atoms with Crippen LogP contribution in [0.3, 0.4) is 0 Å². The molecule has 0 saturated carbocycles. The van der Waals surface area contributed by atoms with Crippen LogP contribution in [0.25, 0.3) is 20.8 Å². The van der Waals surface area contributed by atoms with Gasteiger partial charge in [0.2, 0.25) is 12.6 Å². The second kappa shape index (κ2) is 9.12. The van der Waals surface area contributed by atoms with E-state index in [2.05, 4.69) is 23.2 Å². The van der Waals surface area contributed by atoms with Crippen LogP contribution in [0.1, 0.15) is 0 Å². The normalized spacial score (nSPS) is 12.4. The summed E-state index contributed by atoms with van der Waals surface area (Å²) in [4.78, 5) is 9.13. The molecule has 182 valence electrons. The van der Waals surface area contributed by atoms with Gasteiger partial charge in [-0.2, -0.15) is 11.3 Å². The molecule has 38 heavy (non-hydrogen) atoms. The van der Waals surface area contributed by atoms with Crippen molar-refractivity contribution in [1.29, 1.82) is 0 Å². The minimum Gasteiger partial charge on any atom is -0.518 e. The molecule has 0 saturated heterocycles. The van der Waals surface area contributed by atoms with E-state index in [1.165, 1.54) is 0 Å². The standard InChI is InChI=1S/C30H15BN2O3S.Pt/c1-2-9-27-22(6-1)33-30(37-27)18-11-13-23-20(16-18)31-21-17-19(34-28-10-3-4-15-32-28)12-14-24(21)36-26-8-5-7-25(35-23)29(26)31;/h1-15H;/q-2;+2. The zero-order chi connectivity index (χ0) is 24.3. The number of hydrogen-bond donors (Lipinski definition) is 0. The Balaban J connectivity index is 0.00000242. The summed E-state index contributed by atoms with van der Waals surface area (Å²) in [6, 6.07) is 34.5. The number of fused-ring (bicyclic) bond motifs is 5. The Morgan fingerprint density at radius 3 is 2.29 bits per heavy atom. The quantitative estimate of drug-likeness (QED) is 0.182. The summed E-state index contributed by atoms with van der Waals surface area (Å²) in [6.45, 7) is -0.180. The number of thiazole rings is 1. The summed E-state index contributed by atoms with van der Waals surface area (Å²) in [7, 11) is 0. The largest absolute Gasteiger partial charge is 2.00 e. The molecule has 0 spiro atoms. The van der Waals surface area contributed by atoms with Crippen molar-refractivity contribution < 1.29 is 35.3 Å². The van der Waals surface area contributed by atoms with Crippen molar-refractivity contribution in [3.05, 3.63) is 103 Å². The summed E-state index contributed by atoms with van der Waals surface area (Å²) in [5, 5.41) is 0.923. The molecule has 0 fully saturated rings. The van der Waals surface area contributed by atoms with Gasteiger partial charge in [-0.15, -0.1) is 52.9 Å². The first-order valence-electron chi connectivity index (χ1n) is 11.9. The molecule has 0 amide bonds. The maximum absolute atomic E-state index is 6.33. The summed E-state index contributed by atoms with van der Waals surface area (Å²) >= 11 is 1.66. The van der Waals surface area contributed by atoms with Gasteiger partial charge in [0, 0.05) is 44.7 Å². The SMILES string of the molecule is [Pt+2].[c-]1c(Oc2ccccn2)ccc2c1B1c3[c-]c(-c4nc5ccccc5s4)ccc3Oc3cccc(c31)O2. The minimum absolute atomic E-state index is 0. The Bertz CT molecular complexity index is 1800. The van der Waals surface area contributed by atoms with Crippen molar-refractivity contribution in [3.63, 3.8) is 0 Å². The molecule has 2 aromatic heterocycles. The molecule has 0 N–H and O–H groups in total. The van der Waals surface area contributed by atoms with Gasteiger partial charge in [0.05, 0.1) is 5.52 Å². The zero-order valence-electron chi connectivity index (χ0n) is 19.6. The Morgan fingerprint density at radius 1 is 0.737 bits per heavy atom. The van der Waals surface area contributed by atoms with Crippen molar-refractivity contribution in [2.45, 2.75) is 0 Å². The van der Waals surface area contributed by atoms with Gasteiger partial charge in [0.1, 0.15) is 11.5 Å². The van der Waals surface area contributed by atoms with Gasteiger partial charge in [0.15, 0.2) is 0 Å². The first kappa shape index (κ1) is 23.2. The van der Waals surface area contributed by atoms with Crippen LogP contribution in [0.2, 0.25) is 0 Å². The monoisotopic (exact) mass is 689 g/mol. The number of ether oxygens (including phenoxy) is 3. The van der Waals surface area contributed by atoms with Gasteiger partial charge in [-0.3, -0.25) is 4.98 Å². The van der Waals surface area contributed by atoms with E-state index in [-0.39, 0.29) is 27.8 Å². The Hall–Kier alpha value is -3.93. The van der Waals surface area contributed by atoms with Crippen molar-refractivity contribution >= 4 is 44.7 Å². The van der Waals surface area contributed by atoms with Crippen LogP contribution in [0.5, 0.6) is 34.6 Å². The molecule has 4 aromatic carbocycles. The second-order valence-electron chi connectivity index (χ2n) is 8.81. The van der Waals surface area contributed by atoms with Crippen molar-refractivity contribution in [2.24, 2.45) is 0 Å². The van der Waals surface area contributed by atoms with E-state index in [4.69, 9.17) is 19.2 Å². The van der Waals surface area contributed by atoms with Gasteiger partial charge < -0.3 is 14.2 Å². The molecule has 8 rings (SSSR count). The van der Waals surface area contributed by atoms with E-state index in [1.54, 1.807) is 17.5 Å². The van der Waals surface area contributed by atoms with Gasteiger partial charge in [-0.1, -0.05) is 24.3 Å². The summed E-state index contributed by atoms with van der Waals surface area (Å²) in [5.74, 6) is 4.11. The third kappa shape index (κ3) is 3.73. The molecule has 4 heterocycles. The van der Waals surface area contributed by atoms with Crippen LogP contribution >= 0.6 is 11.3 Å². The molecule has 0 radical (unpaired) electrons. The average molecular weight is 689 g/mol. The van der Waals surface area contributed by atoms with Gasteiger partial charge in [-0.25, -0.2) is 4.98 Å². The Morgan fingerprint density at radius 2 is 1.50 bits per heavy atom. The van der Waals surface area contributed by atoms with Gasteiger partial charge in [-0.05, 0) is 30.3 Å². The molecule has 0 bridgehead atoms. The maximum atomic E-state index is 6.33. The molecule has 0 aliphatic carbocycles. The number of para-hydroxylation sites is 1. The zero-order valence-corrected chi connectivity index (χ0v) is 22.7. The third-order valence-corrected chi connectivity index (χ3v) is 7.62. The predicted molar refractivity (Wildman–Crippen MR) is 145 cm³/mol. The molecule has 5 nitrogen and oxygen atoms in total. The number of rotatable bonds is 3. The summed E-state index contributed by atoms with van der Waals surface area (Å²) in [6.07, 6.45) is 1.70. The van der Waals surface area contributed by atoms with Crippen LogP contribution in [-0.4, -0.2) is 16.7 Å². The van der Waals surface area contributed by atoms with Crippen LogP contribution < -0.4 is 30.6 Å². The number of benzene rings is 4. The molecule has 8 heteroatoms. The molecule has 2 aliphatic rings. The first-order valence-corrected chi connectivity index (χ1v) is 12.7. The Labute approximate surface area is 237 Å². The molecule has 2 aliphatic heterocycles. The summed E-state index contributed by atoms with van der Waals surface area (Å²) in [5.41, 5.74) is 4.67. The smallest absolute Gasteiger partial charge is 0.518 e. The van der Waals surface area contributed by atoms with Crippen LogP contribution in [0.15, 0.2) is 91.1 Å². The molecule has 0 unspecified atom stereocenters. The van der Waals surface area contributed by atoms with Crippen LogP contribution in [0, 0.1) is 12.1 Å². The fourth-order valence-corrected chi connectivity index (χ4v) is 5.88. The number of aromatic nitrogens is 2. The average Bonchev–Trinajstić information content (AvgIpc) is 3.38. The maximum Gasteiger partial charge on any atom is 2.00 e. The number of nitrogens with zero attached hydrogens (tertiary/aromatic N) is 2. The van der Waals surface area contributed by atoms with E-state index in [1.807, 2.05) is 78.9 Å². The number of pyridine rings is 1. The second-order valence-corrected chi connectivity index (χ2v) is 9.84. The fraction of sp³-hybridized carbons (Fsp3) is 0. The van der Waals surface area contributed by atoms with Crippen LogP contribution in [-0.2, 0) is 21.1 Å². The molecule has 0 atom stereocenters. The topological polar surface area (TPSA) is 53.5 Å². The number of hydrogen-bond acceptors (Lipinski definition) is 6. The van der Waals surface area contributed by atoms with Gasteiger partial charge >= 0.3 is 21.1 Å². The fourth-order valence-electron chi connectivity index (χ4n) is 4.93. The van der Waals surface area contributed by atoms with Crippen molar-refractivity contribution in [1.82, 2.24) is 9.97 Å². The van der Waals surface area contributed by atoms with Crippen molar-refractivity contribution in [2.75, 3.05) is 0 Å². The molecule has 6 aromatic rings. The van der Waals surface area contributed by atoms with Crippen LogP contribution in [0.4, 0.5) is 0 Å². The van der Waals surface area contributed by atoms with E-state index in [0.29, 0.717) is 11.6 Å². The molecular weight excluding hydrogens is 674 g/mol. The Kier molecular flexibility index (Phi) is 5.57. The van der Waals surface area contributed by atoms with Gasteiger partial charge in [0.25, 0.3) is 0 Å². The minimum atomic E-state index is -0.180. The van der Waals surface area contributed by atoms with E-state index < -0.39 is 0 Å².